The van der Waals surface area contributed by atoms with Gasteiger partial charge >= 0.3 is 0 Å². The zero-order valence-electron chi connectivity index (χ0n) is 15.3. The van der Waals surface area contributed by atoms with Crippen LogP contribution in [0, 0.1) is 6.92 Å². The summed E-state index contributed by atoms with van der Waals surface area (Å²) in [5, 5.41) is 12.5. The lowest BCUT2D eigenvalue weighted by atomic mass is 9.90. The highest BCUT2D eigenvalue weighted by Crippen LogP contribution is 2.39. The van der Waals surface area contributed by atoms with Crippen molar-refractivity contribution in [2.45, 2.75) is 32.3 Å². The molecule has 0 radical (unpaired) electrons. The molecule has 0 saturated carbocycles. The van der Waals surface area contributed by atoms with Crippen molar-refractivity contribution in [2.75, 3.05) is 0 Å². The minimum absolute atomic E-state index is 0.525. The molecule has 2 aromatic heterocycles. The molecule has 2 heterocycles. The number of rotatable bonds is 5. The fourth-order valence-corrected chi connectivity index (χ4v) is 3.61. The summed E-state index contributed by atoms with van der Waals surface area (Å²) < 4.78 is 12.0. The van der Waals surface area contributed by atoms with Gasteiger partial charge in [0.2, 0.25) is 0 Å². The summed E-state index contributed by atoms with van der Waals surface area (Å²) in [7, 11) is 0. The van der Waals surface area contributed by atoms with Crippen LogP contribution < -0.4 is 0 Å². The highest BCUT2D eigenvalue weighted by Gasteiger charge is 2.26. The Hall–Kier alpha value is -2.49. The summed E-state index contributed by atoms with van der Waals surface area (Å²) >= 11 is 6.21. The quantitative estimate of drug-likeness (QED) is 0.430. The minimum atomic E-state index is -0.950. The van der Waals surface area contributed by atoms with Gasteiger partial charge in [-0.05, 0) is 56.2 Å². The first kappa shape index (κ1) is 17.9. The molecule has 4 heteroatoms. The maximum absolute atomic E-state index is 10.9. The van der Waals surface area contributed by atoms with Crippen molar-refractivity contribution < 1.29 is 13.9 Å². The van der Waals surface area contributed by atoms with E-state index in [4.69, 9.17) is 20.4 Å². The Labute approximate surface area is 163 Å². The summed E-state index contributed by atoms with van der Waals surface area (Å²) in [5.74, 6) is 2.38. The van der Waals surface area contributed by atoms with E-state index in [0.717, 1.165) is 39.4 Å². The normalized spacial score (nSPS) is 13.8. The topological polar surface area (TPSA) is 46.5 Å². The van der Waals surface area contributed by atoms with Crippen molar-refractivity contribution in [2.24, 2.45) is 0 Å². The third kappa shape index (κ3) is 3.53. The molecule has 0 aliphatic carbocycles. The first-order valence-electron chi connectivity index (χ1n) is 9.00. The first-order chi connectivity index (χ1) is 12.9. The second-order valence-corrected chi connectivity index (χ2v) is 7.53. The van der Waals surface area contributed by atoms with Crippen molar-refractivity contribution in [3.05, 3.63) is 82.8 Å². The molecule has 0 spiro atoms. The standard InChI is InChI=1S/C23H21ClO3/c1-15-8-10-20(26-15)22-18-14-17(24)9-11-19(18)27-21(22)12-13-23(2,25)16-6-4-3-5-7-16/h3-11,14,25H,12-13H2,1-2H3. The van der Waals surface area contributed by atoms with Crippen molar-refractivity contribution >= 4 is 22.6 Å². The van der Waals surface area contributed by atoms with Crippen LogP contribution in [0.15, 0.2) is 69.5 Å². The van der Waals surface area contributed by atoms with E-state index < -0.39 is 5.60 Å². The fourth-order valence-electron chi connectivity index (χ4n) is 3.43. The zero-order valence-corrected chi connectivity index (χ0v) is 16.1. The lowest BCUT2D eigenvalue weighted by Gasteiger charge is -2.23. The lowest BCUT2D eigenvalue weighted by Crippen LogP contribution is -2.21. The molecule has 138 valence electrons. The van der Waals surface area contributed by atoms with E-state index in [9.17, 15) is 5.11 Å². The second-order valence-electron chi connectivity index (χ2n) is 7.09. The molecule has 0 amide bonds. The number of hydrogen-bond donors (Lipinski definition) is 1. The molecule has 2 aromatic carbocycles. The van der Waals surface area contributed by atoms with Crippen LogP contribution in [0.5, 0.6) is 0 Å². The van der Waals surface area contributed by atoms with Gasteiger partial charge in [0.1, 0.15) is 22.9 Å². The minimum Gasteiger partial charge on any atom is -0.461 e. The molecule has 1 unspecified atom stereocenters. The van der Waals surface area contributed by atoms with Crippen LogP contribution in [-0.2, 0) is 12.0 Å². The molecule has 0 saturated heterocycles. The van der Waals surface area contributed by atoms with Crippen molar-refractivity contribution in [3.63, 3.8) is 0 Å². The number of fused-ring (bicyclic) bond motifs is 1. The number of aliphatic hydroxyl groups is 1. The Balaban J connectivity index is 1.73. The molecule has 0 aliphatic heterocycles. The zero-order chi connectivity index (χ0) is 19.0. The molecular formula is C23H21ClO3. The van der Waals surface area contributed by atoms with E-state index in [1.165, 1.54) is 0 Å². The number of halogens is 1. The maximum Gasteiger partial charge on any atom is 0.138 e. The molecule has 1 atom stereocenters. The fraction of sp³-hybridized carbons (Fsp3) is 0.217. The van der Waals surface area contributed by atoms with Crippen molar-refractivity contribution in [1.29, 1.82) is 0 Å². The molecule has 1 N–H and O–H groups in total. The Morgan fingerprint density at radius 2 is 1.78 bits per heavy atom. The molecule has 3 nitrogen and oxygen atoms in total. The third-order valence-corrected chi connectivity index (χ3v) is 5.18. The van der Waals surface area contributed by atoms with Gasteiger partial charge in [-0.2, -0.15) is 0 Å². The van der Waals surface area contributed by atoms with Gasteiger partial charge in [0.15, 0.2) is 0 Å². The predicted octanol–water partition coefficient (Wildman–Crippen LogP) is 6.49. The Morgan fingerprint density at radius 3 is 2.48 bits per heavy atom. The number of furan rings is 2. The SMILES string of the molecule is Cc1ccc(-c2c(CCC(C)(O)c3ccccc3)oc3ccc(Cl)cc23)o1. The van der Waals surface area contributed by atoms with E-state index in [-0.39, 0.29) is 0 Å². The Morgan fingerprint density at radius 1 is 1.00 bits per heavy atom. The van der Waals surface area contributed by atoms with Crippen LogP contribution in [-0.4, -0.2) is 5.11 Å². The van der Waals surface area contributed by atoms with Crippen LogP contribution in [0.2, 0.25) is 5.02 Å². The largest absolute Gasteiger partial charge is 0.461 e. The number of hydrogen-bond acceptors (Lipinski definition) is 3. The maximum atomic E-state index is 10.9. The molecule has 27 heavy (non-hydrogen) atoms. The van der Waals surface area contributed by atoms with Crippen LogP contribution in [0.4, 0.5) is 0 Å². The highest BCUT2D eigenvalue weighted by atomic mass is 35.5. The van der Waals surface area contributed by atoms with Gasteiger partial charge in [-0.15, -0.1) is 0 Å². The van der Waals surface area contributed by atoms with Gasteiger partial charge in [-0.3, -0.25) is 0 Å². The van der Waals surface area contributed by atoms with E-state index >= 15 is 0 Å². The Bertz CT molecular complexity index is 1070. The average Bonchev–Trinajstić information content (AvgIpc) is 3.23. The van der Waals surface area contributed by atoms with Gasteiger partial charge in [0.25, 0.3) is 0 Å². The second kappa shape index (κ2) is 6.91. The van der Waals surface area contributed by atoms with Crippen LogP contribution in [0.3, 0.4) is 0 Å². The monoisotopic (exact) mass is 380 g/mol. The number of aryl methyl sites for hydroxylation is 2. The molecule has 0 aliphatic rings. The van der Waals surface area contributed by atoms with Gasteiger partial charge in [-0.1, -0.05) is 41.9 Å². The highest BCUT2D eigenvalue weighted by molar-refractivity contribution is 6.31. The Kier molecular flexibility index (Phi) is 4.58. The summed E-state index contributed by atoms with van der Waals surface area (Å²) in [6.45, 7) is 3.75. The van der Waals surface area contributed by atoms with Crippen molar-refractivity contribution in [3.8, 4) is 11.3 Å². The summed E-state index contributed by atoms with van der Waals surface area (Å²) in [4.78, 5) is 0. The van der Waals surface area contributed by atoms with Crippen molar-refractivity contribution in [1.82, 2.24) is 0 Å². The lowest BCUT2D eigenvalue weighted by molar-refractivity contribution is 0.0468. The van der Waals surface area contributed by atoms with Gasteiger partial charge < -0.3 is 13.9 Å². The van der Waals surface area contributed by atoms with E-state index in [1.54, 1.807) is 0 Å². The van der Waals surface area contributed by atoms with Gasteiger partial charge in [-0.25, -0.2) is 0 Å². The van der Waals surface area contributed by atoms with E-state index in [2.05, 4.69) is 0 Å². The van der Waals surface area contributed by atoms with Crippen LogP contribution in [0.25, 0.3) is 22.3 Å². The smallest absolute Gasteiger partial charge is 0.138 e. The molecular weight excluding hydrogens is 360 g/mol. The van der Waals surface area contributed by atoms with Crippen LogP contribution >= 0.6 is 11.6 Å². The first-order valence-corrected chi connectivity index (χ1v) is 9.37. The molecule has 0 fully saturated rings. The number of benzene rings is 2. The molecule has 4 aromatic rings. The third-order valence-electron chi connectivity index (χ3n) is 4.94. The molecule has 4 rings (SSSR count). The van der Waals surface area contributed by atoms with E-state index in [0.29, 0.717) is 17.9 Å². The molecule has 0 bridgehead atoms. The predicted molar refractivity (Wildman–Crippen MR) is 108 cm³/mol. The summed E-state index contributed by atoms with van der Waals surface area (Å²) in [6, 6.07) is 19.1. The van der Waals surface area contributed by atoms with Gasteiger partial charge in [0, 0.05) is 16.8 Å². The average molecular weight is 381 g/mol. The van der Waals surface area contributed by atoms with E-state index in [1.807, 2.05) is 74.5 Å². The van der Waals surface area contributed by atoms with Gasteiger partial charge in [0.05, 0.1) is 11.2 Å². The van der Waals surface area contributed by atoms with Crippen LogP contribution in [0.1, 0.15) is 30.4 Å². The summed E-state index contributed by atoms with van der Waals surface area (Å²) in [5.41, 5.74) is 1.61. The summed E-state index contributed by atoms with van der Waals surface area (Å²) in [6.07, 6.45) is 1.10.